The van der Waals surface area contributed by atoms with Crippen LogP contribution in [-0.2, 0) is 0 Å². The summed E-state index contributed by atoms with van der Waals surface area (Å²) in [6, 6.07) is 5.56. The van der Waals surface area contributed by atoms with Gasteiger partial charge in [-0.15, -0.1) is 0 Å². The van der Waals surface area contributed by atoms with E-state index in [1.165, 1.54) is 0 Å². The molecule has 1 aromatic carbocycles. The molecule has 0 aromatic heterocycles. The smallest absolute Gasteiger partial charge is 0.161 e. The molecule has 0 saturated carbocycles. The summed E-state index contributed by atoms with van der Waals surface area (Å²) >= 11 is 0. The van der Waals surface area contributed by atoms with Crippen LogP contribution in [0.15, 0.2) is 18.2 Å². The molecule has 3 nitrogen and oxygen atoms in total. The summed E-state index contributed by atoms with van der Waals surface area (Å²) in [5.74, 6) is 2.00. The van der Waals surface area contributed by atoms with Crippen molar-refractivity contribution in [3.05, 3.63) is 23.8 Å². The van der Waals surface area contributed by atoms with Crippen molar-refractivity contribution >= 4 is 0 Å². The number of hydrogen-bond acceptors (Lipinski definition) is 3. The Morgan fingerprint density at radius 3 is 2.33 bits per heavy atom. The minimum Gasteiger partial charge on any atom is -0.493 e. The Morgan fingerprint density at radius 1 is 1.17 bits per heavy atom. The van der Waals surface area contributed by atoms with Crippen LogP contribution in [0.1, 0.15) is 45.3 Å². The van der Waals surface area contributed by atoms with Crippen LogP contribution in [-0.4, -0.2) is 18.8 Å². The minimum atomic E-state index is -0.494. The molecule has 1 rings (SSSR count). The van der Waals surface area contributed by atoms with Crippen LogP contribution in [0.3, 0.4) is 0 Å². The Labute approximate surface area is 110 Å². The summed E-state index contributed by atoms with van der Waals surface area (Å²) in [6.07, 6.45) is 1.74. The third-order valence-electron chi connectivity index (χ3n) is 3.30. The molecule has 0 aliphatic heterocycles. The monoisotopic (exact) mass is 252 g/mol. The number of aliphatic hydroxyl groups is 1. The van der Waals surface area contributed by atoms with Crippen LogP contribution in [0.25, 0.3) is 0 Å². The topological polar surface area (TPSA) is 38.7 Å². The van der Waals surface area contributed by atoms with Gasteiger partial charge in [0.25, 0.3) is 0 Å². The second-order valence-electron chi connectivity index (χ2n) is 4.58. The average molecular weight is 252 g/mol. The molecule has 0 heterocycles. The molecule has 18 heavy (non-hydrogen) atoms. The third kappa shape index (κ3) is 3.91. The molecule has 0 amide bonds. The minimum absolute atomic E-state index is 0.494. The van der Waals surface area contributed by atoms with E-state index < -0.39 is 6.10 Å². The number of methoxy groups -OCH3 is 1. The Hall–Kier alpha value is -1.22. The van der Waals surface area contributed by atoms with Gasteiger partial charge in [-0.2, -0.15) is 0 Å². The largest absolute Gasteiger partial charge is 0.493 e. The SMILES string of the molecule is CCC(CC)COc1ccc([C@@H](C)O)cc1OC. The predicted octanol–water partition coefficient (Wildman–Crippen LogP) is 3.56. The molecular weight excluding hydrogens is 228 g/mol. The Bertz CT molecular complexity index is 357. The van der Waals surface area contributed by atoms with Gasteiger partial charge in [0.1, 0.15) is 0 Å². The summed E-state index contributed by atoms with van der Waals surface area (Å²) < 4.78 is 11.1. The lowest BCUT2D eigenvalue weighted by Crippen LogP contribution is -2.10. The molecule has 102 valence electrons. The molecule has 0 aliphatic carbocycles. The lowest BCUT2D eigenvalue weighted by atomic mass is 10.1. The van der Waals surface area contributed by atoms with Crippen LogP contribution < -0.4 is 9.47 Å². The maximum atomic E-state index is 9.53. The molecular formula is C15H24O3. The van der Waals surface area contributed by atoms with E-state index in [1.807, 2.05) is 18.2 Å². The molecule has 0 aliphatic rings. The Morgan fingerprint density at radius 2 is 1.83 bits per heavy atom. The highest BCUT2D eigenvalue weighted by Gasteiger charge is 2.10. The molecule has 1 atom stereocenters. The molecule has 0 saturated heterocycles. The standard InChI is InChI=1S/C15H24O3/c1-5-12(6-2)10-18-14-8-7-13(11(3)16)9-15(14)17-4/h7-9,11-12,16H,5-6,10H2,1-4H3/t11-/m1/s1. The molecule has 1 aromatic rings. The summed E-state index contributed by atoms with van der Waals surface area (Å²) in [6.45, 7) is 6.79. The molecule has 1 N–H and O–H groups in total. The molecule has 0 radical (unpaired) electrons. The van der Waals surface area contributed by atoms with Crippen molar-refractivity contribution in [2.45, 2.75) is 39.7 Å². The van der Waals surface area contributed by atoms with Crippen LogP contribution >= 0.6 is 0 Å². The maximum absolute atomic E-state index is 9.53. The average Bonchev–Trinajstić information content (AvgIpc) is 2.39. The van der Waals surface area contributed by atoms with Crippen molar-refractivity contribution in [1.29, 1.82) is 0 Å². The third-order valence-corrected chi connectivity index (χ3v) is 3.30. The van der Waals surface area contributed by atoms with Gasteiger partial charge in [0.2, 0.25) is 0 Å². The van der Waals surface area contributed by atoms with Crippen molar-refractivity contribution < 1.29 is 14.6 Å². The van der Waals surface area contributed by atoms with E-state index in [4.69, 9.17) is 9.47 Å². The summed E-state index contributed by atoms with van der Waals surface area (Å²) in [5.41, 5.74) is 0.835. The normalized spacial score (nSPS) is 12.6. The zero-order valence-corrected chi connectivity index (χ0v) is 11.8. The van der Waals surface area contributed by atoms with Gasteiger partial charge in [0.15, 0.2) is 11.5 Å². The van der Waals surface area contributed by atoms with Crippen LogP contribution in [0.5, 0.6) is 11.5 Å². The van der Waals surface area contributed by atoms with Crippen molar-refractivity contribution in [3.8, 4) is 11.5 Å². The van der Waals surface area contributed by atoms with Gasteiger partial charge in [-0.05, 0) is 30.5 Å². The zero-order chi connectivity index (χ0) is 13.5. The summed E-state index contributed by atoms with van der Waals surface area (Å²) in [5, 5.41) is 9.53. The molecule has 0 unspecified atom stereocenters. The van der Waals surface area contributed by atoms with E-state index in [0.717, 1.165) is 24.2 Å². The van der Waals surface area contributed by atoms with Crippen molar-refractivity contribution in [2.24, 2.45) is 5.92 Å². The first kappa shape index (κ1) is 14.8. The fraction of sp³-hybridized carbons (Fsp3) is 0.600. The number of hydrogen-bond donors (Lipinski definition) is 1. The van der Waals surface area contributed by atoms with Crippen molar-refractivity contribution in [2.75, 3.05) is 13.7 Å². The fourth-order valence-electron chi connectivity index (χ4n) is 1.80. The quantitative estimate of drug-likeness (QED) is 0.806. The van der Waals surface area contributed by atoms with Gasteiger partial charge >= 0.3 is 0 Å². The van der Waals surface area contributed by atoms with E-state index in [-0.39, 0.29) is 0 Å². The van der Waals surface area contributed by atoms with Gasteiger partial charge in [-0.3, -0.25) is 0 Å². The number of aliphatic hydroxyl groups excluding tert-OH is 1. The second-order valence-corrected chi connectivity index (χ2v) is 4.58. The number of benzene rings is 1. The van der Waals surface area contributed by atoms with E-state index >= 15 is 0 Å². The van der Waals surface area contributed by atoms with Crippen LogP contribution in [0.4, 0.5) is 0 Å². The second kappa shape index (κ2) is 7.27. The lowest BCUT2D eigenvalue weighted by Gasteiger charge is -2.16. The first-order valence-corrected chi connectivity index (χ1v) is 6.61. The van der Waals surface area contributed by atoms with Gasteiger partial charge in [-0.25, -0.2) is 0 Å². The first-order valence-electron chi connectivity index (χ1n) is 6.61. The van der Waals surface area contributed by atoms with Crippen molar-refractivity contribution in [3.63, 3.8) is 0 Å². The van der Waals surface area contributed by atoms with E-state index in [9.17, 15) is 5.11 Å². The maximum Gasteiger partial charge on any atom is 0.161 e. The zero-order valence-electron chi connectivity index (χ0n) is 11.8. The number of rotatable bonds is 7. The summed E-state index contributed by atoms with van der Waals surface area (Å²) in [7, 11) is 1.62. The highest BCUT2D eigenvalue weighted by Crippen LogP contribution is 2.30. The fourth-order valence-corrected chi connectivity index (χ4v) is 1.80. The van der Waals surface area contributed by atoms with Gasteiger partial charge in [0.05, 0.1) is 19.8 Å². The van der Waals surface area contributed by atoms with Crippen LogP contribution in [0.2, 0.25) is 0 Å². The first-order chi connectivity index (χ1) is 8.62. The van der Waals surface area contributed by atoms with E-state index in [2.05, 4.69) is 13.8 Å². The molecule has 0 bridgehead atoms. The van der Waals surface area contributed by atoms with Crippen LogP contribution in [0, 0.1) is 5.92 Å². The highest BCUT2D eigenvalue weighted by molar-refractivity contribution is 5.43. The van der Waals surface area contributed by atoms with Crippen molar-refractivity contribution in [1.82, 2.24) is 0 Å². The number of ether oxygens (including phenoxy) is 2. The predicted molar refractivity (Wildman–Crippen MR) is 73.2 cm³/mol. The molecule has 0 spiro atoms. The van der Waals surface area contributed by atoms with Gasteiger partial charge < -0.3 is 14.6 Å². The molecule has 0 fully saturated rings. The Balaban J connectivity index is 2.76. The molecule has 3 heteroatoms. The van der Waals surface area contributed by atoms with E-state index in [0.29, 0.717) is 18.3 Å². The van der Waals surface area contributed by atoms with Gasteiger partial charge in [-0.1, -0.05) is 32.8 Å². The highest BCUT2D eigenvalue weighted by atomic mass is 16.5. The van der Waals surface area contributed by atoms with Gasteiger partial charge in [0, 0.05) is 0 Å². The lowest BCUT2D eigenvalue weighted by molar-refractivity contribution is 0.197. The summed E-state index contributed by atoms with van der Waals surface area (Å²) in [4.78, 5) is 0. The Kier molecular flexibility index (Phi) is 5.99. The van der Waals surface area contributed by atoms with E-state index in [1.54, 1.807) is 14.0 Å².